The van der Waals surface area contributed by atoms with Crippen LogP contribution in [-0.2, 0) is 13.1 Å². The molecule has 0 radical (unpaired) electrons. The van der Waals surface area contributed by atoms with Gasteiger partial charge in [0.2, 0.25) is 0 Å². The molecular formula is C15H19ClN2O. The molecule has 0 fully saturated rings. The first-order chi connectivity index (χ1) is 9.11. The molecule has 0 saturated heterocycles. The van der Waals surface area contributed by atoms with E-state index < -0.39 is 0 Å². The molecule has 0 unspecified atom stereocenters. The first-order valence-corrected chi connectivity index (χ1v) is 6.68. The van der Waals surface area contributed by atoms with Crippen LogP contribution in [0.5, 0.6) is 0 Å². The molecule has 0 amide bonds. The highest BCUT2D eigenvalue weighted by Gasteiger charge is 2.11. The van der Waals surface area contributed by atoms with Crippen LogP contribution in [-0.4, -0.2) is 14.1 Å². The first-order valence-electron chi connectivity index (χ1n) is 6.30. The fourth-order valence-electron chi connectivity index (χ4n) is 2.15. The van der Waals surface area contributed by atoms with Gasteiger partial charge in [0.15, 0.2) is 0 Å². The molecule has 0 spiro atoms. The lowest BCUT2D eigenvalue weighted by atomic mass is 10.1. The summed E-state index contributed by atoms with van der Waals surface area (Å²) in [7, 11) is 3.96. The summed E-state index contributed by atoms with van der Waals surface area (Å²) < 4.78 is 5.62. The van der Waals surface area contributed by atoms with E-state index in [1.807, 2.05) is 45.3 Å². The molecule has 0 aliphatic carbocycles. The van der Waals surface area contributed by atoms with Crippen LogP contribution in [0.15, 0.2) is 34.7 Å². The summed E-state index contributed by atoms with van der Waals surface area (Å²) in [4.78, 5) is 2.15. The van der Waals surface area contributed by atoms with E-state index in [0.717, 1.165) is 40.9 Å². The molecule has 2 aromatic rings. The third-order valence-corrected chi connectivity index (χ3v) is 3.40. The molecule has 0 atom stereocenters. The lowest BCUT2D eigenvalue weighted by molar-refractivity contribution is 0.481. The second-order valence-electron chi connectivity index (χ2n) is 4.64. The van der Waals surface area contributed by atoms with Gasteiger partial charge in [0.25, 0.3) is 0 Å². The molecule has 3 nitrogen and oxygen atoms in total. The zero-order valence-electron chi connectivity index (χ0n) is 11.5. The third kappa shape index (κ3) is 3.31. The number of hydrogen-bond donors (Lipinski definition) is 1. The number of rotatable bonds is 5. The van der Waals surface area contributed by atoms with Crippen molar-refractivity contribution in [1.29, 1.82) is 0 Å². The minimum atomic E-state index is 0.727. The zero-order valence-corrected chi connectivity index (χ0v) is 12.3. The van der Waals surface area contributed by atoms with E-state index in [9.17, 15) is 0 Å². The predicted molar refractivity (Wildman–Crippen MR) is 79.8 cm³/mol. The lowest BCUT2D eigenvalue weighted by Crippen LogP contribution is -2.19. The topological polar surface area (TPSA) is 28.4 Å². The van der Waals surface area contributed by atoms with E-state index >= 15 is 0 Å². The van der Waals surface area contributed by atoms with Gasteiger partial charge in [-0.1, -0.05) is 17.7 Å². The highest BCUT2D eigenvalue weighted by molar-refractivity contribution is 6.31. The Kier molecular flexibility index (Phi) is 4.51. The van der Waals surface area contributed by atoms with Crippen LogP contribution < -0.4 is 10.2 Å². The van der Waals surface area contributed by atoms with E-state index in [1.54, 1.807) is 0 Å². The van der Waals surface area contributed by atoms with E-state index in [-0.39, 0.29) is 0 Å². The van der Waals surface area contributed by atoms with Gasteiger partial charge >= 0.3 is 0 Å². The fraction of sp³-hybridized carbons (Fsp3) is 0.333. The molecule has 1 heterocycles. The summed E-state index contributed by atoms with van der Waals surface area (Å²) in [6.07, 6.45) is 0. The maximum atomic E-state index is 6.27. The maximum Gasteiger partial charge on any atom is 0.123 e. The van der Waals surface area contributed by atoms with E-state index in [1.165, 1.54) is 0 Å². The Hall–Kier alpha value is -1.45. The minimum absolute atomic E-state index is 0.727. The molecule has 0 saturated carbocycles. The largest absolute Gasteiger partial charge is 0.464 e. The Balaban J connectivity index is 2.23. The monoisotopic (exact) mass is 278 g/mol. The Bertz CT molecular complexity index is 551. The standard InChI is InChI=1S/C15H19ClN2O/c1-11-7-8-12(19-11)10-18(3)15-6-4-5-14(16)13(15)9-17-2/h4-8,17H,9-10H2,1-3H3. The Morgan fingerprint density at radius 3 is 2.68 bits per heavy atom. The van der Waals surface area contributed by atoms with Crippen molar-refractivity contribution in [3.05, 3.63) is 52.4 Å². The van der Waals surface area contributed by atoms with Gasteiger partial charge in [-0.15, -0.1) is 0 Å². The number of nitrogens with one attached hydrogen (secondary N) is 1. The minimum Gasteiger partial charge on any atom is -0.464 e. The molecule has 1 aromatic heterocycles. The summed E-state index contributed by atoms with van der Waals surface area (Å²) in [6, 6.07) is 9.96. The molecule has 102 valence electrons. The lowest BCUT2D eigenvalue weighted by Gasteiger charge is -2.22. The second-order valence-corrected chi connectivity index (χ2v) is 5.04. The summed E-state index contributed by atoms with van der Waals surface area (Å²) in [5.74, 6) is 1.89. The van der Waals surface area contributed by atoms with Gasteiger partial charge < -0.3 is 14.6 Å². The van der Waals surface area contributed by atoms with Crippen molar-refractivity contribution >= 4 is 17.3 Å². The predicted octanol–water partition coefficient (Wildman–Crippen LogP) is 3.60. The summed E-state index contributed by atoms with van der Waals surface area (Å²) >= 11 is 6.27. The molecule has 4 heteroatoms. The van der Waals surface area contributed by atoms with Crippen molar-refractivity contribution in [2.24, 2.45) is 0 Å². The number of nitrogens with zero attached hydrogens (tertiary/aromatic N) is 1. The van der Waals surface area contributed by atoms with E-state index in [0.29, 0.717) is 0 Å². The van der Waals surface area contributed by atoms with Crippen LogP contribution in [0.4, 0.5) is 5.69 Å². The van der Waals surface area contributed by atoms with Gasteiger partial charge in [0.05, 0.1) is 6.54 Å². The number of anilines is 1. The van der Waals surface area contributed by atoms with Crippen LogP contribution >= 0.6 is 11.6 Å². The van der Waals surface area contributed by atoms with Gasteiger partial charge in [-0.2, -0.15) is 0 Å². The fourth-order valence-corrected chi connectivity index (χ4v) is 2.38. The van der Waals surface area contributed by atoms with Crippen LogP contribution in [0.1, 0.15) is 17.1 Å². The molecule has 1 N–H and O–H groups in total. The van der Waals surface area contributed by atoms with Crippen molar-refractivity contribution in [1.82, 2.24) is 5.32 Å². The normalized spacial score (nSPS) is 10.7. The summed E-state index contributed by atoms with van der Waals surface area (Å²) in [6.45, 7) is 3.43. The van der Waals surface area contributed by atoms with Crippen LogP contribution in [0.3, 0.4) is 0 Å². The average Bonchev–Trinajstić information content (AvgIpc) is 2.77. The van der Waals surface area contributed by atoms with Gasteiger partial charge in [0.1, 0.15) is 11.5 Å². The first kappa shape index (κ1) is 14.0. The number of furan rings is 1. The van der Waals surface area contributed by atoms with Gasteiger partial charge in [-0.25, -0.2) is 0 Å². The maximum absolute atomic E-state index is 6.27. The van der Waals surface area contributed by atoms with Crippen molar-refractivity contribution in [2.45, 2.75) is 20.0 Å². The molecule has 1 aromatic carbocycles. The van der Waals surface area contributed by atoms with Gasteiger partial charge in [0, 0.05) is 29.9 Å². The number of hydrogen-bond acceptors (Lipinski definition) is 3. The number of benzene rings is 1. The highest BCUT2D eigenvalue weighted by Crippen LogP contribution is 2.28. The molecule has 19 heavy (non-hydrogen) atoms. The molecule has 0 aliphatic heterocycles. The molecule has 0 bridgehead atoms. The molecular weight excluding hydrogens is 260 g/mol. The van der Waals surface area contributed by atoms with E-state index in [2.05, 4.69) is 16.3 Å². The van der Waals surface area contributed by atoms with Gasteiger partial charge in [-0.3, -0.25) is 0 Å². The van der Waals surface area contributed by atoms with Crippen molar-refractivity contribution in [3.63, 3.8) is 0 Å². The SMILES string of the molecule is CNCc1c(Cl)cccc1N(C)Cc1ccc(C)o1. The Morgan fingerprint density at radius 1 is 1.26 bits per heavy atom. The number of aryl methyl sites for hydroxylation is 1. The zero-order chi connectivity index (χ0) is 13.8. The Morgan fingerprint density at radius 2 is 2.05 bits per heavy atom. The van der Waals surface area contributed by atoms with Crippen LogP contribution in [0.25, 0.3) is 0 Å². The summed E-state index contributed by atoms with van der Waals surface area (Å²) in [5.41, 5.74) is 2.23. The second kappa shape index (κ2) is 6.13. The van der Waals surface area contributed by atoms with E-state index in [4.69, 9.17) is 16.0 Å². The quantitative estimate of drug-likeness (QED) is 0.906. The average molecular weight is 279 g/mol. The van der Waals surface area contributed by atoms with Crippen molar-refractivity contribution < 1.29 is 4.42 Å². The third-order valence-electron chi connectivity index (χ3n) is 3.05. The smallest absolute Gasteiger partial charge is 0.123 e. The van der Waals surface area contributed by atoms with Crippen molar-refractivity contribution in [3.8, 4) is 0 Å². The van der Waals surface area contributed by atoms with Crippen LogP contribution in [0, 0.1) is 6.92 Å². The summed E-state index contributed by atoms with van der Waals surface area (Å²) in [5, 5.41) is 3.94. The molecule has 0 aliphatic rings. The van der Waals surface area contributed by atoms with Crippen LogP contribution in [0.2, 0.25) is 5.02 Å². The molecule has 2 rings (SSSR count). The number of halogens is 1. The van der Waals surface area contributed by atoms with Crippen molar-refractivity contribution in [2.75, 3.05) is 19.0 Å². The van der Waals surface area contributed by atoms with Gasteiger partial charge in [-0.05, 0) is 38.2 Å². The Labute approximate surface area is 119 Å². The highest BCUT2D eigenvalue weighted by atomic mass is 35.5.